The third-order valence-corrected chi connectivity index (χ3v) is 5.78. The number of rotatable bonds is 11. The molecule has 0 spiro atoms. The minimum absolute atomic E-state index is 0.181. The number of benzene rings is 2. The van der Waals surface area contributed by atoms with Crippen LogP contribution in [0.2, 0.25) is 0 Å². The number of hydrogen-bond donors (Lipinski definition) is 2. The number of methoxy groups -OCH3 is 1. The van der Waals surface area contributed by atoms with E-state index in [1.54, 1.807) is 13.2 Å². The zero-order valence-electron chi connectivity index (χ0n) is 17.8. The molecule has 0 aliphatic heterocycles. The van der Waals surface area contributed by atoms with Crippen LogP contribution in [0.5, 0.6) is 11.5 Å². The molecule has 4 rings (SSSR count). The minimum Gasteiger partial charge on any atom is -0.497 e. The molecule has 1 aromatic heterocycles. The molecule has 0 saturated heterocycles. The number of aliphatic hydroxyl groups excluding tert-OH is 1. The van der Waals surface area contributed by atoms with E-state index >= 15 is 0 Å². The molecule has 0 amide bonds. The van der Waals surface area contributed by atoms with Crippen molar-refractivity contribution in [1.82, 2.24) is 4.57 Å². The van der Waals surface area contributed by atoms with Crippen LogP contribution in [-0.4, -0.2) is 42.1 Å². The fourth-order valence-corrected chi connectivity index (χ4v) is 3.91. The van der Waals surface area contributed by atoms with Gasteiger partial charge in [0.15, 0.2) is 0 Å². The van der Waals surface area contributed by atoms with E-state index in [1.807, 2.05) is 48.7 Å². The highest BCUT2D eigenvalue weighted by Gasteiger charge is 2.35. The smallest absolute Gasteiger partial charge is 0.137 e. The SMILES string of the molecule is COc1ccc(OC[C@H](O)C[NH+](Cc2cccn2Cc2ccccc2F)C2CC2)cc1. The summed E-state index contributed by atoms with van der Waals surface area (Å²) in [6.07, 6.45) is 3.79. The second-order valence-corrected chi connectivity index (χ2v) is 8.17. The van der Waals surface area contributed by atoms with Crippen LogP contribution in [0.4, 0.5) is 4.39 Å². The first-order valence-corrected chi connectivity index (χ1v) is 10.8. The Morgan fingerprint density at radius 3 is 2.52 bits per heavy atom. The maximum absolute atomic E-state index is 14.1. The van der Waals surface area contributed by atoms with Gasteiger partial charge in [0.25, 0.3) is 0 Å². The van der Waals surface area contributed by atoms with E-state index in [4.69, 9.17) is 9.47 Å². The highest BCUT2D eigenvalue weighted by atomic mass is 19.1. The first-order valence-electron chi connectivity index (χ1n) is 10.8. The molecule has 3 aromatic rings. The molecule has 1 fully saturated rings. The lowest BCUT2D eigenvalue weighted by Crippen LogP contribution is -3.13. The van der Waals surface area contributed by atoms with Crippen molar-refractivity contribution in [3.05, 3.63) is 83.9 Å². The molecular weight excluding hydrogens is 395 g/mol. The van der Waals surface area contributed by atoms with E-state index in [9.17, 15) is 9.50 Å². The lowest BCUT2D eigenvalue weighted by molar-refractivity contribution is -0.928. The zero-order valence-corrected chi connectivity index (χ0v) is 17.8. The van der Waals surface area contributed by atoms with Gasteiger partial charge in [-0.05, 0) is 42.5 Å². The number of aromatic nitrogens is 1. The van der Waals surface area contributed by atoms with Crippen molar-refractivity contribution in [2.75, 3.05) is 20.3 Å². The largest absolute Gasteiger partial charge is 0.497 e. The van der Waals surface area contributed by atoms with Gasteiger partial charge in [0.1, 0.15) is 43.1 Å². The lowest BCUT2D eigenvalue weighted by Gasteiger charge is -2.23. The fraction of sp³-hybridized carbons (Fsp3) is 0.360. The number of nitrogens with one attached hydrogen (secondary N) is 1. The van der Waals surface area contributed by atoms with Crippen LogP contribution in [0, 0.1) is 5.82 Å². The summed E-state index contributed by atoms with van der Waals surface area (Å²) in [5, 5.41) is 10.6. The van der Waals surface area contributed by atoms with Crippen molar-refractivity contribution in [2.24, 2.45) is 0 Å². The summed E-state index contributed by atoms with van der Waals surface area (Å²) in [5.74, 6) is 1.31. The average Bonchev–Trinajstić information content (AvgIpc) is 3.55. The van der Waals surface area contributed by atoms with E-state index in [1.165, 1.54) is 23.8 Å². The monoisotopic (exact) mass is 425 g/mol. The topological polar surface area (TPSA) is 48.1 Å². The summed E-state index contributed by atoms with van der Waals surface area (Å²) >= 11 is 0. The summed E-state index contributed by atoms with van der Waals surface area (Å²) < 4.78 is 27.1. The number of nitrogens with zero attached hydrogens (tertiary/aromatic N) is 1. The normalized spacial score (nSPS) is 15.5. The van der Waals surface area contributed by atoms with Crippen LogP contribution in [0.3, 0.4) is 0 Å². The Morgan fingerprint density at radius 1 is 1.06 bits per heavy atom. The van der Waals surface area contributed by atoms with Gasteiger partial charge in [-0.3, -0.25) is 0 Å². The molecule has 31 heavy (non-hydrogen) atoms. The molecule has 1 aliphatic rings. The van der Waals surface area contributed by atoms with Gasteiger partial charge >= 0.3 is 0 Å². The van der Waals surface area contributed by atoms with Gasteiger partial charge in [-0.1, -0.05) is 18.2 Å². The van der Waals surface area contributed by atoms with Gasteiger partial charge in [-0.2, -0.15) is 0 Å². The molecule has 2 N–H and O–H groups in total. The Labute approximate surface area is 182 Å². The highest BCUT2D eigenvalue weighted by Crippen LogP contribution is 2.18. The van der Waals surface area contributed by atoms with Gasteiger partial charge in [0.05, 0.1) is 25.4 Å². The van der Waals surface area contributed by atoms with Crippen LogP contribution in [0.15, 0.2) is 66.9 Å². The predicted molar refractivity (Wildman–Crippen MR) is 117 cm³/mol. The second-order valence-electron chi connectivity index (χ2n) is 8.17. The second kappa shape index (κ2) is 9.98. The number of ether oxygens (including phenoxy) is 2. The number of aliphatic hydroxyl groups is 1. The molecule has 1 unspecified atom stereocenters. The van der Waals surface area contributed by atoms with Crippen LogP contribution in [0.1, 0.15) is 24.1 Å². The van der Waals surface area contributed by atoms with Crippen LogP contribution in [0.25, 0.3) is 0 Å². The standard InChI is InChI=1S/C25H29FN2O3/c1-30-23-10-12-24(13-11-23)31-18-22(29)17-28(20-8-9-20)16-21-6-4-14-27(21)15-19-5-2-3-7-25(19)26/h2-7,10-14,20,22,29H,8-9,15-18H2,1H3/p+1/t22-/m1/s1. The Balaban J connectivity index is 1.34. The van der Waals surface area contributed by atoms with Crippen LogP contribution < -0.4 is 14.4 Å². The van der Waals surface area contributed by atoms with Crippen molar-refractivity contribution in [3.8, 4) is 11.5 Å². The molecular formula is C25H30FN2O3+. The van der Waals surface area contributed by atoms with Gasteiger partial charge in [-0.25, -0.2) is 4.39 Å². The van der Waals surface area contributed by atoms with Crippen molar-refractivity contribution in [2.45, 2.75) is 38.1 Å². The average molecular weight is 426 g/mol. The number of halogens is 1. The lowest BCUT2D eigenvalue weighted by atomic mass is 10.2. The first-order chi connectivity index (χ1) is 15.1. The molecule has 2 atom stereocenters. The van der Waals surface area contributed by atoms with E-state index < -0.39 is 6.10 Å². The number of quaternary nitrogens is 1. The summed E-state index contributed by atoms with van der Waals surface area (Å²) in [6.45, 7) is 2.17. The Kier molecular flexibility index (Phi) is 6.89. The van der Waals surface area contributed by atoms with Crippen molar-refractivity contribution in [1.29, 1.82) is 0 Å². The summed E-state index contributed by atoms with van der Waals surface area (Å²) in [6, 6.07) is 18.9. The fourth-order valence-electron chi connectivity index (χ4n) is 3.91. The third-order valence-electron chi connectivity index (χ3n) is 5.78. The molecule has 164 valence electrons. The van der Waals surface area contributed by atoms with Gasteiger partial charge < -0.3 is 24.0 Å². The van der Waals surface area contributed by atoms with Gasteiger partial charge in [0.2, 0.25) is 0 Å². The Hall–Kier alpha value is -2.83. The van der Waals surface area contributed by atoms with E-state index in [0.29, 0.717) is 30.4 Å². The zero-order chi connectivity index (χ0) is 21.6. The third kappa shape index (κ3) is 5.87. The van der Waals surface area contributed by atoms with Crippen molar-refractivity contribution >= 4 is 0 Å². The Morgan fingerprint density at radius 2 is 1.81 bits per heavy atom. The van der Waals surface area contributed by atoms with E-state index in [2.05, 4.69) is 10.6 Å². The van der Waals surface area contributed by atoms with Gasteiger partial charge in [0, 0.05) is 24.6 Å². The maximum atomic E-state index is 14.1. The van der Waals surface area contributed by atoms with Crippen LogP contribution >= 0.6 is 0 Å². The van der Waals surface area contributed by atoms with Crippen LogP contribution in [-0.2, 0) is 13.1 Å². The predicted octanol–water partition coefficient (Wildman–Crippen LogP) is 2.67. The van der Waals surface area contributed by atoms with Crippen molar-refractivity contribution < 1.29 is 23.9 Å². The van der Waals surface area contributed by atoms with E-state index in [-0.39, 0.29) is 12.4 Å². The highest BCUT2D eigenvalue weighted by molar-refractivity contribution is 5.31. The molecule has 1 heterocycles. The summed E-state index contributed by atoms with van der Waals surface area (Å²) in [4.78, 5) is 1.35. The maximum Gasteiger partial charge on any atom is 0.137 e. The van der Waals surface area contributed by atoms with E-state index in [0.717, 1.165) is 18.0 Å². The molecule has 1 saturated carbocycles. The molecule has 6 heteroatoms. The Bertz CT molecular complexity index is 969. The summed E-state index contributed by atoms with van der Waals surface area (Å²) in [7, 11) is 1.63. The molecule has 5 nitrogen and oxygen atoms in total. The number of hydrogen-bond acceptors (Lipinski definition) is 3. The summed E-state index contributed by atoms with van der Waals surface area (Å²) in [5.41, 5.74) is 1.83. The molecule has 0 bridgehead atoms. The minimum atomic E-state index is -0.562. The van der Waals surface area contributed by atoms with Crippen molar-refractivity contribution in [3.63, 3.8) is 0 Å². The van der Waals surface area contributed by atoms with Gasteiger partial charge in [-0.15, -0.1) is 0 Å². The quantitative estimate of drug-likeness (QED) is 0.497. The molecule has 2 aromatic carbocycles. The first kappa shape index (κ1) is 21.4. The molecule has 0 radical (unpaired) electrons. The molecule has 1 aliphatic carbocycles.